The van der Waals surface area contributed by atoms with Crippen LogP contribution in [0.4, 0.5) is 5.69 Å². The van der Waals surface area contributed by atoms with E-state index in [1.807, 2.05) is 30.6 Å². The predicted molar refractivity (Wildman–Crippen MR) is 87.3 cm³/mol. The van der Waals surface area contributed by atoms with Crippen LogP contribution in [0.15, 0.2) is 79.1 Å². The molecule has 2 aromatic carbocycles. The minimum absolute atomic E-state index is 0.134. The minimum Gasteiger partial charge on any atom is -0.374 e. The molecule has 0 amide bonds. The fraction of sp³-hybridized carbons (Fsp3) is 0.105. The molecule has 2 heteroatoms. The molecule has 0 spiro atoms. The summed E-state index contributed by atoms with van der Waals surface area (Å²) in [4.78, 5) is 4.08. The summed E-state index contributed by atoms with van der Waals surface area (Å²) < 4.78 is 0. The van der Waals surface area contributed by atoms with Gasteiger partial charge in [-0.05, 0) is 35.7 Å². The van der Waals surface area contributed by atoms with Gasteiger partial charge in [-0.3, -0.25) is 4.98 Å². The van der Waals surface area contributed by atoms with Crippen LogP contribution in [0, 0.1) is 6.92 Å². The van der Waals surface area contributed by atoms with E-state index in [2.05, 4.69) is 65.8 Å². The van der Waals surface area contributed by atoms with Gasteiger partial charge >= 0.3 is 0 Å². The van der Waals surface area contributed by atoms with Crippen LogP contribution in [0.3, 0.4) is 0 Å². The molecule has 104 valence electrons. The molecule has 1 heterocycles. The van der Waals surface area contributed by atoms with Crippen molar-refractivity contribution in [1.29, 1.82) is 0 Å². The van der Waals surface area contributed by atoms with E-state index in [4.69, 9.17) is 0 Å². The second kappa shape index (κ2) is 6.23. The molecular weight excluding hydrogens is 256 g/mol. The van der Waals surface area contributed by atoms with Gasteiger partial charge in [-0.1, -0.05) is 54.6 Å². The molecule has 0 radical (unpaired) electrons. The Bertz CT molecular complexity index is 693. The Morgan fingerprint density at radius 2 is 1.48 bits per heavy atom. The first-order valence-electron chi connectivity index (χ1n) is 7.11. The van der Waals surface area contributed by atoms with Gasteiger partial charge in [0.15, 0.2) is 0 Å². The average Bonchev–Trinajstić information content (AvgIpc) is 2.55. The van der Waals surface area contributed by atoms with E-state index < -0.39 is 0 Å². The summed E-state index contributed by atoms with van der Waals surface area (Å²) in [6.07, 6.45) is 3.62. The Labute approximate surface area is 125 Å². The molecule has 21 heavy (non-hydrogen) atoms. The maximum absolute atomic E-state index is 4.08. The number of anilines is 1. The number of hydrogen-bond donors (Lipinski definition) is 1. The van der Waals surface area contributed by atoms with Gasteiger partial charge in [-0.2, -0.15) is 0 Å². The number of nitrogens with zero attached hydrogens (tertiary/aromatic N) is 1. The highest BCUT2D eigenvalue weighted by molar-refractivity contribution is 5.49. The molecule has 0 saturated carbocycles. The smallest absolute Gasteiger partial charge is 0.0770 e. The molecule has 1 aromatic heterocycles. The molecule has 1 atom stereocenters. The summed E-state index contributed by atoms with van der Waals surface area (Å²) in [5, 5.41) is 3.61. The molecule has 1 unspecified atom stereocenters. The lowest BCUT2D eigenvalue weighted by atomic mass is 9.95. The molecule has 0 bridgehead atoms. The highest BCUT2D eigenvalue weighted by Crippen LogP contribution is 2.28. The summed E-state index contributed by atoms with van der Waals surface area (Å²) in [6.45, 7) is 2.15. The Morgan fingerprint density at radius 1 is 0.810 bits per heavy atom. The lowest BCUT2D eigenvalue weighted by Crippen LogP contribution is -2.13. The summed E-state index contributed by atoms with van der Waals surface area (Å²) in [7, 11) is 0. The van der Waals surface area contributed by atoms with Gasteiger partial charge in [0.1, 0.15) is 0 Å². The van der Waals surface area contributed by atoms with Crippen molar-refractivity contribution in [2.75, 3.05) is 5.32 Å². The fourth-order valence-electron chi connectivity index (χ4n) is 2.51. The zero-order valence-electron chi connectivity index (χ0n) is 12.0. The van der Waals surface area contributed by atoms with Crippen LogP contribution in [-0.4, -0.2) is 4.98 Å². The number of aromatic nitrogens is 1. The molecule has 0 aliphatic carbocycles. The number of benzene rings is 2. The second-order valence-corrected chi connectivity index (χ2v) is 5.08. The first kappa shape index (κ1) is 13.4. The Kier molecular flexibility index (Phi) is 3.97. The van der Waals surface area contributed by atoms with Gasteiger partial charge in [-0.15, -0.1) is 0 Å². The van der Waals surface area contributed by atoms with Gasteiger partial charge in [0.2, 0.25) is 0 Å². The summed E-state index contributed by atoms with van der Waals surface area (Å²) in [5.41, 5.74) is 4.90. The van der Waals surface area contributed by atoms with E-state index in [-0.39, 0.29) is 6.04 Å². The summed E-state index contributed by atoms with van der Waals surface area (Å²) in [6, 6.07) is 23.1. The Balaban J connectivity index is 2.02. The average molecular weight is 274 g/mol. The van der Waals surface area contributed by atoms with E-state index >= 15 is 0 Å². The minimum atomic E-state index is 0.134. The second-order valence-electron chi connectivity index (χ2n) is 5.08. The first-order valence-corrected chi connectivity index (χ1v) is 7.11. The van der Waals surface area contributed by atoms with Crippen molar-refractivity contribution in [1.82, 2.24) is 4.98 Å². The van der Waals surface area contributed by atoms with Crippen molar-refractivity contribution >= 4 is 5.69 Å². The predicted octanol–water partition coefficient (Wildman–Crippen LogP) is 4.59. The van der Waals surface area contributed by atoms with Crippen molar-refractivity contribution in [3.63, 3.8) is 0 Å². The van der Waals surface area contributed by atoms with Crippen LogP contribution in [0.25, 0.3) is 0 Å². The third kappa shape index (κ3) is 3.11. The van der Waals surface area contributed by atoms with Crippen molar-refractivity contribution < 1.29 is 0 Å². The third-order valence-corrected chi connectivity index (χ3v) is 3.62. The van der Waals surface area contributed by atoms with E-state index in [0.29, 0.717) is 0 Å². The first-order chi connectivity index (χ1) is 10.3. The lowest BCUT2D eigenvalue weighted by Gasteiger charge is -2.22. The van der Waals surface area contributed by atoms with Gasteiger partial charge in [0, 0.05) is 18.1 Å². The van der Waals surface area contributed by atoms with E-state index in [9.17, 15) is 0 Å². The standard InChI is InChI=1S/C19H18N2/c1-15-7-5-6-10-18(15)19(16-8-3-2-4-9-16)21-17-11-13-20-14-12-17/h2-14,19H,1H3,(H,20,21). The van der Waals surface area contributed by atoms with Crippen LogP contribution >= 0.6 is 0 Å². The molecule has 2 nitrogen and oxygen atoms in total. The van der Waals surface area contributed by atoms with Gasteiger partial charge in [0.25, 0.3) is 0 Å². The van der Waals surface area contributed by atoms with Crippen LogP contribution in [-0.2, 0) is 0 Å². The molecule has 0 fully saturated rings. The van der Waals surface area contributed by atoms with Crippen molar-refractivity contribution in [3.05, 3.63) is 95.8 Å². The number of rotatable bonds is 4. The monoisotopic (exact) mass is 274 g/mol. The highest BCUT2D eigenvalue weighted by Gasteiger charge is 2.15. The fourth-order valence-corrected chi connectivity index (χ4v) is 2.51. The highest BCUT2D eigenvalue weighted by atomic mass is 14.9. The Morgan fingerprint density at radius 3 is 2.19 bits per heavy atom. The maximum Gasteiger partial charge on any atom is 0.0770 e. The molecule has 3 aromatic rings. The van der Waals surface area contributed by atoms with Gasteiger partial charge in [0.05, 0.1) is 6.04 Å². The molecule has 3 rings (SSSR count). The topological polar surface area (TPSA) is 24.9 Å². The van der Waals surface area contributed by atoms with Crippen molar-refractivity contribution in [2.45, 2.75) is 13.0 Å². The lowest BCUT2D eigenvalue weighted by molar-refractivity contribution is 0.926. The van der Waals surface area contributed by atoms with E-state index in [1.165, 1.54) is 16.7 Å². The molecule has 0 aliphatic heterocycles. The van der Waals surface area contributed by atoms with Gasteiger partial charge in [-0.25, -0.2) is 0 Å². The molecule has 0 aliphatic rings. The van der Waals surface area contributed by atoms with Crippen molar-refractivity contribution in [2.24, 2.45) is 0 Å². The molecule has 0 saturated heterocycles. The van der Waals surface area contributed by atoms with Crippen LogP contribution in [0.5, 0.6) is 0 Å². The number of hydrogen-bond acceptors (Lipinski definition) is 2. The van der Waals surface area contributed by atoms with Crippen LogP contribution < -0.4 is 5.32 Å². The third-order valence-electron chi connectivity index (χ3n) is 3.62. The van der Waals surface area contributed by atoms with E-state index in [0.717, 1.165) is 5.69 Å². The normalized spacial score (nSPS) is 11.9. The largest absolute Gasteiger partial charge is 0.374 e. The SMILES string of the molecule is Cc1ccccc1C(Nc1ccncc1)c1ccccc1. The quantitative estimate of drug-likeness (QED) is 0.752. The van der Waals surface area contributed by atoms with Gasteiger partial charge < -0.3 is 5.32 Å². The number of pyridine rings is 1. The summed E-state index contributed by atoms with van der Waals surface area (Å²) >= 11 is 0. The van der Waals surface area contributed by atoms with E-state index in [1.54, 1.807) is 0 Å². The number of nitrogens with one attached hydrogen (secondary N) is 1. The van der Waals surface area contributed by atoms with Crippen molar-refractivity contribution in [3.8, 4) is 0 Å². The maximum atomic E-state index is 4.08. The number of aryl methyl sites for hydroxylation is 1. The molecule has 1 N–H and O–H groups in total. The zero-order chi connectivity index (χ0) is 14.5. The summed E-state index contributed by atoms with van der Waals surface area (Å²) in [5.74, 6) is 0. The molecular formula is C19H18N2. The van der Waals surface area contributed by atoms with Crippen LogP contribution in [0.1, 0.15) is 22.7 Å². The van der Waals surface area contributed by atoms with Crippen LogP contribution in [0.2, 0.25) is 0 Å². The zero-order valence-corrected chi connectivity index (χ0v) is 12.0. The Hall–Kier alpha value is -2.61.